The van der Waals surface area contributed by atoms with Gasteiger partial charge in [-0.15, -0.1) is 5.10 Å². The highest BCUT2D eigenvalue weighted by Crippen LogP contribution is 2.15. The molecule has 102 valence electrons. The van der Waals surface area contributed by atoms with Crippen molar-refractivity contribution in [2.75, 3.05) is 7.05 Å². The van der Waals surface area contributed by atoms with Crippen molar-refractivity contribution in [3.63, 3.8) is 0 Å². The Morgan fingerprint density at radius 2 is 2.20 bits per heavy atom. The van der Waals surface area contributed by atoms with E-state index in [-0.39, 0.29) is 17.2 Å². The van der Waals surface area contributed by atoms with Gasteiger partial charge in [0, 0.05) is 18.6 Å². The predicted molar refractivity (Wildman–Crippen MR) is 75.2 cm³/mol. The Kier molecular flexibility index (Phi) is 2.65. The van der Waals surface area contributed by atoms with Crippen LogP contribution in [-0.2, 0) is 0 Å². The van der Waals surface area contributed by atoms with Crippen LogP contribution in [0.15, 0.2) is 35.3 Å². The van der Waals surface area contributed by atoms with Crippen molar-refractivity contribution in [2.45, 2.75) is 0 Å². The van der Waals surface area contributed by atoms with E-state index >= 15 is 0 Å². The summed E-state index contributed by atoms with van der Waals surface area (Å²) in [6.07, 6.45) is 1.48. The Bertz CT molecular complexity index is 874. The van der Waals surface area contributed by atoms with Crippen LogP contribution in [0.5, 0.6) is 0 Å². The Morgan fingerprint density at radius 1 is 1.45 bits per heavy atom. The molecule has 0 aliphatic rings. The molecule has 3 rings (SSSR count). The Morgan fingerprint density at radius 3 is 2.95 bits per heavy atom. The molecule has 8 heteroatoms. The van der Waals surface area contributed by atoms with Crippen molar-refractivity contribution >= 4 is 22.2 Å². The molecule has 0 amide bonds. The molecule has 1 aromatic carbocycles. The zero-order valence-electron chi connectivity index (χ0n) is 10.7. The largest absolute Gasteiger partial charge is 0.394 e. The topological polar surface area (TPSA) is 118 Å². The van der Waals surface area contributed by atoms with Crippen LogP contribution in [0.3, 0.4) is 0 Å². The van der Waals surface area contributed by atoms with Crippen LogP contribution in [0.4, 0.5) is 0 Å². The van der Waals surface area contributed by atoms with E-state index in [2.05, 4.69) is 15.1 Å². The molecule has 0 radical (unpaired) electrons. The molecule has 5 N–H and O–H groups in total. The highest BCUT2D eigenvalue weighted by molar-refractivity contribution is 5.91. The number of nitrogens with zero attached hydrogens (tertiary/aromatic N) is 4. The summed E-state index contributed by atoms with van der Waals surface area (Å²) in [6, 6.07) is 7.36. The van der Waals surface area contributed by atoms with E-state index < -0.39 is 0 Å². The van der Waals surface area contributed by atoms with Crippen LogP contribution >= 0.6 is 0 Å². The maximum Gasteiger partial charge on any atom is 0.348 e. The van der Waals surface area contributed by atoms with Gasteiger partial charge in [-0.2, -0.15) is 4.52 Å². The van der Waals surface area contributed by atoms with Gasteiger partial charge in [-0.25, -0.2) is 15.6 Å². The maximum absolute atomic E-state index is 12.0. The second-order valence-corrected chi connectivity index (χ2v) is 4.40. The summed E-state index contributed by atoms with van der Waals surface area (Å²) in [5.41, 5.74) is 6.90. The zero-order valence-corrected chi connectivity index (χ0v) is 10.7. The monoisotopic (exact) mass is 271 g/mol. The summed E-state index contributed by atoms with van der Waals surface area (Å²) >= 11 is 0. The molecule has 0 unspecified atom stereocenters. The van der Waals surface area contributed by atoms with Gasteiger partial charge in [-0.3, -0.25) is 0 Å². The Hall–Kier alpha value is -2.87. The van der Waals surface area contributed by atoms with E-state index in [4.69, 9.17) is 11.6 Å². The molecule has 2 heterocycles. The van der Waals surface area contributed by atoms with Crippen LogP contribution in [0.2, 0.25) is 0 Å². The fraction of sp³-hybridized carbons (Fsp3) is 0.0833. The molecule has 0 saturated carbocycles. The number of nitrogens with two attached hydrogens (primary N) is 2. The molecule has 0 fully saturated rings. The van der Waals surface area contributed by atoms with E-state index in [1.165, 1.54) is 15.7 Å². The average molecular weight is 271 g/mol. The van der Waals surface area contributed by atoms with Crippen molar-refractivity contribution in [3.8, 4) is 0 Å². The van der Waals surface area contributed by atoms with E-state index in [9.17, 15) is 4.79 Å². The smallest absolute Gasteiger partial charge is 0.348 e. The summed E-state index contributed by atoms with van der Waals surface area (Å²) in [7, 11) is 1.63. The predicted octanol–water partition coefficient (Wildman–Crippen LogP) is -0.367. The lowest BCUT2D eigenvalue weighted by Gasteiger charge is -2.04. The normalized spacial score (nSPS) is 12.2. The second kappa shape index (κ2) is 4.35. The molecule has 8 nitrogen and oxygen atoms in total. The summed E-state index contributed by atoms with van der Waals surface area (Å²) in [5.74, 6) is 5.75. The number of benzene rings is 1. The minimum absolute atomic E-state index is 0.254. The van der Waals surface area contributed by atoms with E-state index in [1.807, 2.05) is 18.2 Å². The van der Waals surface area contributed by atoms with Crippen LogP contribution in [-0.4, -0.2) is 31.6 Å². The number of H-pyrrole nitrogens is 1. The van der Waals surface area contributed by atoms with Gasteiger partial charge in [0.15, 0.2) is 11.5 Å². The van der Waals surface area contributed by atoms with E-state index in [0.29, 0.717) is 11.2 Å². The maximum atomic E-state index is 12.0. The molecular formula is C12H13N7O. The van der Waals surface area contributed by atoms with Crippen molar-refractivity contribution in [3.05, 3.63) is 46.8 Å². The highest BCUT2D eigenvalue weighted by atomic mass is 16.1. The van der Waals surface area contributed by atoms with Gasteiger partial charge >= 0.3 is 5.69 Å². The van der Waals surface area contributed by atoms with Crippen molar-refractivity contribution < 1.29 is 0 Å². The van der Waals surface area contributed by atoms with E-state index in [1.54, 1.807) is 13.1 Å². The number of rotatable bonds is 2. The molecule has 20 heavy (non-hydrogen) atoms. The lowest BCUT2D eigenvalue weighted by atomic mass is 10.2. The second-order valence-electron chi connectivity index (χ2n) is 4.40. The summed E-state index contributed by atoms with van der Waals surface area (Å²) in [4.78, 5) is 19.0. The lowest BCUT2D eigenvalue weighted by Crippen LogP contribution is -2.21. The minimum atomic E-state index is -0.369. The fourth-order valence-electron chi connectivity index (χ4n) is 1.98. The fourth-order valence-corrected chi connectivity index (χ4v) is 1.98. The SMILES string of the molecule is CN(N)/C=C(\N)c1nc2c3ccccc3[nH]c(=O)n2n1. The summed E-state index contributed by atoms with van der Waals surface area (Å²) in [5, 5.41) is 6.19. The van der Waals surface area contributed by atoms with Crippen LogP contribution < -0.4 is 17.3 Å². The molecular weight excluding hydrogens is 258 g/mol. The Labute approximate surface area is 113 Å². The van der Waals surface area contributed by atoms with Crippen molar-refractivity contribution in [1.29, 1.82) is 0 Å². The average Bonchev–Trinajstić information content (AvgIpc) is 2.84. The third kappa shape index (κ3) is 1.88. The number of hydrazine groups is 1. The van der Waals surface area contributed by atoms with Crippen LogP contribution in [0, 0.1) is 0 Å². The van der Waals surface area contributed by atoms with Crippen molar-refractivity contribution in [1.82, 2.24) is 24.6 Å². The van der Waals surface area contributed by atoms with E-state index in [0.717, 1.165) is 5.39 Å². The highest BCUT2D eigenvalue weighted by Gasteiger charge is 2.12. The molecule has 0 aliphatic heterocycles. The number of para-hydroxylation sites is 1. The van der Waals surface area contributed by atoms with Crippen LogP contribution in [0.25, 0.3) is 22.2 Å². The molecule has 0 aliphatic carbocycles. The molecule has 0 bridgehead atoms. The molecule has 0 spiro atoms. The van der Waals surface area contributed by atoms with Gasteiger partial charge in [0.1, 0.15) is 0 Å². The third-order valence-electron chi connectivity index (χ3n) is 2.81. The number of aromatic amines is 1. The zero-order chi connectivity index (χ0) is 14.3. The van der Waals surface area contributed by atoms with Gasteiger partial charge in [-0.05, 0) is 12.1 Å². The third-order valence-corrected chi connectivity index (χ3v) is 2.81. The molecule has 2 aromatic heterocycles. The number of hydrogen-bond donors (Lipinski definition) is 3. The lowest BCUT2D eigenvalue weighted by molar-refractivity contribution is 0.485. The van der Waals surface area contributed by atoms with Gasteiger partial charge in [-0.1, -0.05) is 12.1 Å². The Balaban J connectivity index is 2.33. The first-order chi connectivity index (χ1) is 9.56. The van der Waals surface area contributed by atoms with Gasteiger partial charge in [0.05, 0.1) is 11.2 Å². The molecule has 3 aromatic rings. The first-order valence-electron chi connectivity index (χ1n) is 5.89. The van der Waals surface area contributed by atoms with Gasteiger partial charge < -0.3 is 15.7 Å². The number of fused-ring (bicyclic) bond motifs is 3. The first kappa shape index (κ1) is 12.2. The summed E-state index contributed by atoms with van der Waals surface area (Å²) < 4.78 is 1.19. The molecule has 0 saturated heterocycles. The van der Waals surface area contributed by atoms with Crippen LogP contribution in [0.1, 0.15) is 5.82 Å². The van der Waals surface area contributed by atoms with Crippen molar-refractivity contribution in [2.24, 2.45) is 11.6 Å². The van der Waals surface area contributed by atoms with Gasteiger partial charge in [0.25, 0.3) is 0 Å². The standard InChI is InChI=1S/C12H13N7O/c1-18(14)6-8(13)10-16-11-7-4-2-3-5-9(7)15-12(20)19(11)17-10/h2-6H,13-14H2,1H3,(H,15,20)/b8-6-. The quantitative estimate of drug-likeness (QED) is 0.432. The number of aromatic nitrogens is 4. The summed E-state index contributed by atoms with van der Waals surface area (Å²) in [6.45, 7) is 0. The number of hydrogen-bond acceptors (Lipinski definition) is 6. The van der Waals surface area contributed by atoms with Gasteiger partial charge in [0.2, 0.25) is 0 Å². The minimum Gasteiger partial charge on any atom is -0.394 e. The molecule has 0 atom stereocenters. The number of nitrogens with one attached hydrogen (secondary N) is 1. The first-order valence-corrected chi connectivity index (χ1v) is 5.89.